The van der Waals surface area contributed by atoms with Gasteiger partial charge in [-0.05, 0) is 37.3 Å². The van der Waals surface area contributed by atoms with Gasteiger partial charge in [0.05, 0.1) is 18.2 Å². The fourth-order valence-electron chi connectivity index (χ4n) is 2.04. The lowest BCUT2D eigenvalue weighted by Crippen LogP contribution is -2.38. The van der Waals surface area contributed by atoms with Gasteiger partial charge in [0.1, 0.15) is 5.60 Å². The minimum Gasteiger partial charge on any atom is -0.384 e. The molecule has 0 saturated heterocycles. The number of hydrogen-bond donors (Lipinski definition) is 2. The van der Waals surface area contributed by atoms with E-state index in [0.29, 0.717) is 21.7 Å². The Morgan fingerprint density at radius 2 is 1.91 bits per heavy atom. The Labute approximate surface area is 134 Å². The standard InChI is InChI=1S/C17H15ClN2O2/c1-17(22,14-4-2-3-5-15(14)18)11-20-16(21)13-8-6-12(10-19)7-9-13/h2-9,22H,11H2,1H3,(H,20,21)/t17-/m0/s1. The van der Waals surface area contributed by atoms with Crippen molar-refractivity contribution in [3.8, 4) is 6.07 Å². The highest BCUT2D eigenvalue weighted by atomic mass is 35.5. The molecule has 0 unspecified atom stereocenters. The van der Waals surface area contributed by atoms with E-state index in [1.165, 1.54) is 0 Å². The fraction of sp³-hybridized carbons (Fsp3) is 0.176. The Morgan fingerprint density at radius 3 is 2.50 bits per heavy atom. The number of carbonyl (C=O) groups excluding carboxylic acids is 1. The summed E-state index contributed by atoms with van der Waals surface area (Å²) in [7, 11) is 0. The third-order valence-corrected chi connectivity index (χ3v) is 3.65. The van der Waals surface area contributed by atoms with Crippen molar-refractivity contribution in [2.75, 3.05) is 6.54 Å². The van der Waals surface area contributed by atoms with Crippen LogP contribution in [-0.2, 0) is 5.60 Å². The van der Waals surface area contributed by atoms with Gasteiger partial charge in [-0.2, -0.15) is 5.26 Å². The van der Waals surface area contributed by atoms with Crippen LogP contribution in [0.5, 0.6) is 0 Å². The highest BCUT2D eigenvalue weighted by molar-refractivity contribution is 6.31. The average Bonchev–Trinajstić information content (AvgIpc) is 2.53. The zero-order valence-electron chi connectivity index (χ0n) is 12.0. The van der Waals surface area contributed by atoms with Crippen LogP contribution in [0.4, 0.5) is 0 Å². The number of hydrogen-bond acceptors (Lipinski definition) is 3. The van der Waals surface area contributed by atoms with Crippen molar-refractivity contribution in [1.29, 1.82) is 5.26 Å². The van der Waals surface area contributed by atoms with Crippen LogP contribution in [0.25, 0.3) is 0 Å². The summed E-state index contributed by atoms with van der Waals surface area (Å²) in [5.41, 5.74) is 0.186. The highest BCUT2D eigenvalue weighted by Gasteiger charge is 2.26. The summed E-state index contributed by atoms with van der Waals surface area (Å²) in [4.78, 5) is 12.1. The van der Waals surface area contributed by atoms with Crippen molar-refractivity contribution in [2.24, 2.45) is 0 Å². The van der Waals surface area contributed by atoms with E-state index in [-0.39, 0.29) is 12.5 Å². The van der Waals surface area contributed by atoms with Crippen LogP contribution in [0.2, 0.25) is 5.02 Å². The molecule has 112 valence electrons. The van der Waals surface area contributed by atoms with Gasteiger partial charge < -0.3 is 10.4 Å². The van der Waals surface area contributed by atoms with Gasteiger partial charge in [-0.1, -0.05) is 29.8 Å². The van der Waals surface area contributed by atoms with E-state index in [2.05, 4.69) is 5.32 Å². The van der Waals surface area contributed by atoms with Gasteiger partial charge in [0.25, 0.3) is 5.91 Å². The molecule has 0 aliphatic heterocycles. The largest absolute Gasteiger partial charge is 0.384 e. The Balaban J connectivity index is 2.06. The molecule has 0 aliphatic carbocycles. The summed E-state index contributed by atoms with van der Waals surface area (Å²) in [6.07, 6.45) is 0. The third kappa shape index (κ3) is 3.64. The molecule has 0 heterocycles. The molecule has 4 nitrogen and oxygen atoms in total. The summed E-state index contributed by atoms with van der Waals surface area (Å²) in [6.45, 7) is 1.61. The van der Waals surface area contributed by atoms with Crippen molar-refractivity contribution in [3.05, 3.63) is 70.2 Å². The average molecular weight is 315 g/mol. The molecule has 0 saturated carbocycles. The van der Waals surface area contributed by atoms with Crippen LogP contribution in [0.15, 0.2) is 48.5 Å². The number of rotatable bonds is 4. The molecule has 22 heavy (non-hydrogen) atoms. The van der Waals surface area contributed by atoms with Crippen molar-refractivity contribution in [1.82, 2.24) is 5.32 Å². The number of benzene rings is 2. The predicted octanol–water partition coefficient (Wildman–Crippen LogP) is 2.85. The Kier molecular flexibility index (Phi) is 4.81. The molecule has 0 aliphatic rings. The highest BCUT2D eigenvalue weighted by Crippen LogP contribution is 2.27. The van der Waals surface area contributed by atoms with E-state index in [1.54, 1.807) is 55.5 Å². The molecule has 2 rings (SSSR count). The molecule has 1 amide bonds. The first kappa shape index (κ1) is 16.0. The summed E-state index contributed by atoms with van der Waals surface area (Å²) < 4.78 is 0. The number of nitriles is 1. The van der Waals surface area contributed by atoms with Gasteiger partial charge in [0.15, 0.2) is 0 Å². The number of aliphatic hydroxyl groups is 1. The first-order valence-electron chi connectivity index (χ1n) is 6.70. The maximum absolute atomic E-state index is 12.1. The number of nitrogens with one attached hydrogen (secondary N) is 1. The van der Waals surface area contributed by atoms with Gasteiger partial charge in [-0.25, -0.2) is 0 Å². The van der Waals surface area contributed by atoms with Crippen LogP contribution >= 0.6 is 11.6 Å². The summed E-state index contributed by atoms with van der Waals surface area (Å²) in [5, 5.41) is 22.4. The topological polar surface area (TPSA) is 73.1 Å². The van der Waals surface area contributed by atoms with Crippen molar-refractivity contribution in [3.63, 3.8) is 0 Å². The molecule has 1 atom stereocenters. The van der Waals surface area contributed by atoms with Crippen LogP contribution in [0.1, 0.15) is 28.4 Å². The van der Waals surface area contributed by atoms with Crippen molar-refractivity contribution in [2.45, 2.75) is 12.5 Å². The van der Waals surface area contributed by atoms with E-state index in [1.807, 2.05) is 6.07 Å². The fourth-order valence-corrected chi connectivity index (χ4v) is 2.38. The SMILES string of the molecule is C[C@](O)(CNC(=O)c1ccc(C#N)cc1)c1ccccc1Cl. The monoisotopic (exact) mass is 314 g/mol. The number of carbonyl (C=O) groups is 1. The van der Waals surface area contributed by atoms with Crippen LogP contribution in [0, 0.1) is 11.3 Å². The zero-order chi connectivity index (χ0) is 16.2. The molecule has 2 N–H and O–H groups in total. The molecule has 5 heteroatoms. The van der Waals surface area contributed by atoms with E-state index in [0.717, 1.165) is 0 Å². The smallest absolute Gasteiger partial charge is 0.251 e. The van der Waals surface area contributed by atoms with Gasteiger partial charge in [0.2, 0.25) is 0 Å². The second kappa shape index (κ2) is 6.61. The number of halogens is 1. The Morgan fingerprint density at radius 1 is 1.27 bits per heavy atom. The zero-order valence-corrected chi connectivity index (χ0v) is 12.8. The van der Waals surface area contributed by atoms with Crippen LogP contribution in [0.3, 0.4) is 0 Å². The van der Waals surface area contributed by atoms with Crippen LogP contribution < -0.4 is 5.32 Å². The van der Waals surface area contributed by atoms with Gasteiger partial charge >= 0.3 is 0 Å². The first-order chi connectivity index (χ1) is 10.4. The van der Waals surface area contributed by atoms with Crippen molar-refractivity contribution < 1.29 is 9.90 Å². The predicted molar refractivity (Wildman–Crippen MR) is 84.5 cm³/mol. The molecular formula is C17H15ClN2O2. The van der Waals surface area contributed by atoms with E-state index >= 15 is 0 Å². The second-order valence-electron chi connectivity index (χ2n) is 5.13. The second-order valence-corrected chi connectivity index (χ2v) is 5.53. The molecule has 0 radical (unpaired) electrons. The van der Waals surface area contributed by atoms with E-state index in [4.69, 9.17) is 16.9 Å². The molecular weight excluding hydrogens is 300 g/mol. The van der Waals surface area contributed by atoms with Gasteiger partial charge in [0, 0.05) is 16.1 Å². The Bertz CT molecular complexity index is 718. The van der Waals surface area contributed by atoms with Crippen LogP contribution in [-0.4, -0.2) is 17.6 Å². The molecule has 2 aromatic rings. The molecule has 0 fully saturated rings. The lowest BCUT2D eigenvalue weighted by Gasteiger charge is -2.25. The van der Waals surface area contributed by atoms with Gasteiger partial charge in [-0.15, -0.1) is 0 Å². The molecule has 0 bridgehead atoms. The lowest BCUT2D eigenvalue weighted by molar-refractivity contribution is 0.0527. The normalized spacial score (nSPS) is 13.0. The third-order valence-electron chi connectivity index (χ3n) is 3.32. The maximum Gasteiger partial charge on any atom is 0.251 e. The first-order valence-corrected chi connectivity index (χ1v) is 7.07. The van der Waals surface area contributed by atoms with E-state index in [9.17, 15) is 9.90 Å². The van der Waals surface area contributed by atoms with Crippen molar-refractivity contribution >= 4 is 17.5 Å². The molecule has 0 aromatic heterocycles. The molecule has 2 aromatic carbocycles. The quantitative estimate of drug-likeness (QED) is 0.911. The number of amides is 1. The lowest BCUT2D eigenvalue weighted by atomic mass is 9.96. The summed E-state index contributed by atoms with van der Waals surface area (Å²) in [6, 6.07) is 15.2. The summed E-state index contributed by atoms with van der Waals surface area (Å²) in [5.74, 6) is -0.322. The molecule has 0 spiro atoms. The minimum absolute atomic E-state index is 0.0234. The number of nitrogens with zero attached hydrogens (tertiary/aromatic N) is 1. The van der Waals surface area contributed by atoms with Gasteiger partial charge in [-0.3, -0.25) is 4.79 Å². The minimum atomic E-state index is -1.28. The maximum atomic E-state index is 12.1. The Hall–Kier alpha value is -2.35. The summed E-state index contributed by atoms with van der Waals surface area (Å²) >= 11 is 6.07. The van der Waals surface area contributed by atoms with E-state index < -0.39 is 5.60 Å².